The highest BCUT2D eigenvalue weighted by Gasteiger charge is 2.15. The van der Waals surface area contributed by atoms with E-state index in [1.54, 1.807) is 14.2 Å². The van der Waals surface area contributed by atoms with E-state index in [2.05, 4.69) is 53.8 Å². The van der Waals surface area contributed by atoms with Crippen molar-refractivity contribution >= 4 is 5.91 Å². The summed E-state index contributed by atoms with van der Waals surface area (Å²) in [4.78, 5) is 12.6. The highest BCUT2D eigenvalue weighted by Crippen LogP contribution is 2.26. The number of rotatable bonds is 10. The maximum absolute atomic E-state index is 12.6. The summed E-state index contributed by atoms with van der Waals surface area (Å²) in [5.74, 6) is 1.78. The minimum atomic E-state index is 0.0434. The summed E-state index contributed by atoms with van der Waals surface area (Å²) in [6.45, 7) is 0.431. The van der Waals surface area contributed by atoms with Gasteiger partial charge in [-0.05, 0) is 42.0 Å². The van der Waals surface area contributed by atoms with Gasteiger partial charge in [-0.15, -0.1) is 0 Å². The van der Waals surface area contributed by atoms with E-state index >= 15 is 0 Å². The summed E-state index contributed by atoms with van der Waals surface area (Å²) < 4.78 is 10.6. The van der Waals surface area contributed by atoms with Crippen LogP contribution in [0.2, 0.25) is 0 Å². The fraction of sp³-hybridized carbons (Fsp3) is 0.269. The standard InChI is InChI=1S/C26H29NO3/c1-29-24-15-13-23(25(18-24)30-2)19-27-26(28)16-14-22(21-11-7-4-8-12-21)17-20-9-5-3-6-10-20/h3-13,15,18,22H,14,16-17,19H2,1-2H3,(H,27,28)/t22-/m0/s1. The molecule has 0 unspecified atom stereocenters. The van der Waals surface area contributed by atoms with Crippen LogP contribution < -0.4 is 14.8 Å². The number of nitrogens with one attached hydrogen (secondary N) is 1. The molecule has 0 saturated heterocycles. The van der Waals surface area contributed by atoms with Crippen molar-refractivity contribution < 1.29 is 14.3 Å². The van der Waals surface area contributed by atoms with E-state index in [1.807, 2.05) is 30.3 Å². The second-order valence-electron chi connectivity index (χ2n) is 7.29. The van der Waals surface area contributed by atoms with Crippen molar-refractivity contribution in [3.8, 4) is 11.5 Å². The van der Waals surface area contributed by atoms with E-state index in [0.29, 0.717) is 24.6 Å². The second-order valence-corrected chi connectivity index (χ2v) is 7.29. The number of carbonyl (C=O) groups is 1. The molecule has 0 heterocycles. The molecule has 1 N–H and O–H groups in total. The predicted octanol–water partition coefficient (Wildman–Crippen LogP) is 5.13. The predicted molar refractivity (Wildman–Crippen MR) is 120 cm³/mol. The number of hydrogen-bond donors (Lipinski definition) is 1. The van der Waals surface area contributed by atoms with E-state index in [9.17, 15) is 4.79 Å². The zero-order valence-electron chi connectivity index (χ0n) is 17.6. The molecule has 30 heavy (non-hydrogen) atoms. The van der Waals surface area contributed by atoms with E-state index in [4.69, 9.17) is 9.47 Å². The smallest absolute Gasteiger partial charge is 0.220 e. The van der Waals surface area contributed by atoms with Crippen LogP contribution in [0.4, 0.5) is 0 Å². The average Bonchev–Trinajstić information content (AvgIpc) is 2.81. The van der Waals surface area contributed by atoms with Crippen LogP contribution in [0.15, 0.2) is 78.9 Å². The number of amides is 1. The number of ether oxygens (including phenoxy) is 2. The number of carbonyl (C=O) groups excluding carboxylic acids is 1. The van der Waals surface area contributed by atoms with Crippen LogP contribution in [0.1, 0.15) is 35.4 Å². The highest BCUT2D eigenvalue weighted by atomic mass is 16.5. The van der Waals surface area contributed by atoms with E-state index in [-0.39, 0.29) is 5.91 Å². The molecule has 0 bridgehead atoms. The maximum Gasteiger partial charge on any atom is 0.220 e. The summed E-state index contributed by atoms with van der Waals surface area (Å²) in [5, 5.41) is 3.02. The number of methoxy groups -OCH3 is 2. The van der Waals surface area contributed by atoms with Gasteiger partial charge in [0.15, 0.2) is 0 Å². The lowest BCUT2D eigenvalue weighted by Crippen LogP contribution is -2.23. The molecule has 0 aromatic heterocycles. The molecule has 1 amide bonds. The van der Waals surface area contributed by atoms with Crippen molar-refractivity contribution in [2.45, 2.75) is 31.7 Å². The minimum absolute atomic E-state index is 0.0434. The first-order valence-electron chi connectivity index (χ1n) is 10.3. The lowest BCUT2D eigenvalue weighted by Gasteiger charge is -2.18. The van der Waals surface area contributed by atoms with Crippen LogP contribution >= 0.6 is 0 Å². The largest absolute Gasteiger partial charge is 0.497 e. The van der Waals surface area contributed by atoms with Crippen LogP contribution in [0.25, 0.3) is 0 Å². The third-order valence-corrected chi connectivity index (χ3v) is 5.29. The Kier molecular flexibility index (Phi) is 7.90. The first kappa shape index (κ1) is 21.4. The SMILES string of the molecule is COc1ccc(CNC(=O)CC[C@@H](Cc2ccccc2)c2ccccc2)c(OC)c1. The fourth-order valence-electron chi connectivity index (χ4n) is 3.60. The van der Waals surface area contributed by atoms with E-state index in [1.165, 1.54) is 11.1 Å². The van der Waals surface area contributed by atoms with Gasteiger partial charge in [0.1, 0.15) is 11.5 Å². The zero-order chi connectivity index (χ0) is 21.2. The van der Waals surface area contributed by atoms with Gasteiger partial charge < -0.3 is 14.8 Å². The van der Waals surface area contributed by atoms with Gasteiger partial charge in [0.05, 0.1) is 14.2 Å². The Morgan fingerprint density at radius 3 is 2.27 bits per heavy atom. The highest BCUT2D eigenvalue weighted by molar-refractivity contribution is 5.76. The third kappa shape index (κ3) is 6.11. The minimum Gasteiger partial charge on any atom is -0.497 e. The molecule has 4 heteroatoms. The van der Waals surface area contributed by atoms with Gasteiger partial charge in [-0.2, -0.15) is 0 Å². The van der Waals surface area contributed by atoms with Crippen LogP contribution in [0, 0.1) is 0 Å². The van der Waals surface area contributed by atoms with Crippen molar-refractivity contribution in [3.05, 3.63) is 95.6 Å². The summed E-state index contributed by atoms with van der Waals surface area (Å²) >= 11 is 0. The monoisotopic (exact) mass is 403 g/mol. The fourth-order valence-corrected chi connectivity index (χ4v) is 3.60. The topological polar surface area (TPSA) is 47.6 Å². The normalized spacial score (nSPS) is 11.5. The molecule has 3 aromatic carbocycles. The maximum atomic E-state index is 12.6. The lowest BCUT2D eigenvalue weighted by atomic mass is 9.88. The van der Waals surface area contributed by atoms with Crippen molar-refractivity contribution in [3.63, 3.8) is 0 Å². The molecule has 0 saturated carbocycles. The molecule has 4 nitrogen and oxygen atoms in total. The molecule has 156 valence electrons. The number of benzene rings is 3. The van der Waals surface area contributed by atoms with Gasteiger partial charge in [0.25, 0.3) is 0 Å². The van der Waals surface area contributed by atoms with Gasteiger partial charge in [0.2, 0.25) is 5.91 Å². The van der Waals surface area contributed by atoms with Crippen LogP contribution in [0.3, 0.4) is 0 Å². The molecular formula is C26H29NO3. The van der Waals surface area contributed by atoms with Crippen LogP contribution in [0.5, 0.6) is 11.5 Å². The molecule has 3 aromatic rings. The van der Waals surface area contributed by atoms with Crippen LogP contribution in [-0.4, -0.2) is 20.1 Å². The van der Waals surface area contributed by atoms with Gasteiger partial charge in [-0.25, -0.2) is 0 Å². The molecule has 0 aliphatic rings. The molecule has 0 aliphatic heterocycles. The van der Waals surface area contributed by atoms with Gasteiger partial charge in [-0.1, -0.05) is 60.7 Å². The molecule has 3 rings (SSSR count). The first-order valence-corrected chi connectivity index (χ1v) is 10.3. The van der Waals surface area contributed by atoms with Gasteiger partial charge in [-0.3, -0.25) is 4.79 Å². The first-order chi connectivity index (χ1) is 14.7. The Balaban J connectivity index is 1.59. The van der Waals surface area contributed by atoms with Crippen molar-refractivity contribution in [2.75, 3.05) is 14.2 Å². The second kappa shape index (κ2) is 11.1. The Labute approximate surface area is 178 Å². The lowest BCUT2D eigenvalue weighted by molar-refractivity contribution is -0.121. The Bertz CT molecular complexity index is 926. The summed E-state index contributed by atoms with van der Waals surface area (Å²) in [6.07, 6.45) is 2.19. The van der Waals surface area contributed by atoms with Crippen molar-refractivity contribution in [1.29, 1.82) is 0 Å². The van der Waals surface area contributed by atoms with Gasteiger partial charge in [0, 0.05) is 24.6 Å². The molecule has 0 radical (unpaired) electrons. The van der Waals surface area contributed by atoms with E-state index in [0.717, 1.165) is 24.2 Å². The Morgan fingerprint density at radius 2 is 1.60 bits per heavy atom. The molecule has 0 aliphatic carbocycles. The molecule has 0 spiro atoms. The summed E-state index contributed by atoms with van der Waals surface area (Å²) in [5.41, 5.74) is 3.48. The molecular weight excluding hydrogens is 374 g/mol. The average molecular weight is 404 g/mol. The summed E-state index contributed by atoms with van der Waals surface area (Å²) in [6, 6.07) is 26.5. The Hall–Kier alpha value is -3.27. The van der Waals surface area contributed by atoms with Crippen molar-refractivity contribution in [1.82, 2.24) is 5.32 Å². The summed E-state index contributed by atoms with van der Waals surface area (Å²) in [7, 11) is 3.24. The number of hydrogen-bond acceptors (Lipinski definition) is 3. The molecule has 0 fully saturated rings. The van der Waals surface area contributed by atoms with Crippen LogP contribution in [-0.2, 0) is 17.8 Å². The van der Waals surface area contributed by atoms with Gasteiger partial charge >= 0.3 is 0 Å². The quantitative estimate of drug-likeness (QED) is 0.511. The Morgan fingerprint density at radius 1 is 0.900 bits per heavy atom. The molecule has 1 atom stereocenters. The third-order valence-electron chi connectivity index (χ3n) is 5.29. The van der Waals surface area contributed by atoms with E-state index < -0.39 is 0 Å². The van der Waals surface area contributed by atoms with Crippen molar-refractivity contribution in [2.24, 2.45) is 0 Å². The zero-order valence-corrected chi connectivity index (χ0v) is 17.6.